The summed E-state index contributed by atoms with van der Waals surface area (Å²) in [4.78, 5) is 0. The highest BCUT2D eigenvalue weighted by Crippen LogP contribution is 2.33. The van der Waals surface area contributed by atoms with E-state index >= 15 is 0 Å². The summed E-state index contributed by atoms with van der Waals surface area (Å²) in [6, 6.07) is 5.77. The van der Waals surface area contributed by atoms with Crippen LogP contribution >= 0.6 is 15.9 Å². The van der Waals surface area contributed by atoms with Crippen LogP contribution in [0.25, 0.3) is 0 Å². The predicted octanol–water partition coefficient (Wildman–Crippen LogP) is 5.21. The van der Waals surface area contributed by atoms with Crippen molar-refractivity contribution >= 4 is 15.9 Å². The van der Waals surface area contributed by atoms with E-state index in [0.717, 1.165) is 18.9 Å². The molecular weight excluding hydrogens is 305 g/mol. The van der Waals surface area contributed by atoms with Crippen molar-refractivity contribution in [3.05, 3.63) is 34.1 Å². The maximum absolute atomic E-state index is 13.4. The number of benzene rings is 1. The van der Waals surface area contributed by atoms with Gasteiger partial charge < -0.3 is 5.32 Å². The Morgan fingerprint density at radius 3 is 2.74 bits per heavy atom. The molecule has 106 valence electrons. The van der Waals surface area contributed by atoms with E-state index in [-0.39, 0.29) is 5.82 Å². The average Bonchev–Trinajstić information content (AvgIpc) is 2.91. The van der Waals surface area contributed by atoms with E-state index in [2.05, 4.69) is 28.2 Å². The van der Waals surface area contributed by atoms with Gasteiger partial charge in [-0.15, -0.1) is 0 Å². The van der Waals surface area contributed by atoms with Crippen molar-refractivity contribution in [1.82, 2.24) is 5.32 Å². The van der Waals surface area contributed by atoms with Crippen molar-refractivity contribution < 1.29 is 4.39 Å². The summed E-state index contributed by atoms with van der Waals surface area (Å²) in [5.41, 5.74) is 1.20. The quantitative estimate of drug-likeness (QED) is 0.756. The summed E-state index contributed by atoms with van der Waals surface area (Å²) in [7, 11) is 0. The smallest absolute Gasteiger partial charge is 0.137 e. The van der Waals surface area contributed by atoms with Crippen molar-refractivity contribution in [2.24, 2.45) is 5.92 Å². The van der Waals surface area contributed by atoms with Crippen LogP contribution in [0.2, 0.25) is 0 Å². The van der Waals surface area contributed by atoms with E-state index in [9.17, 15) is 4.39 Å². The number of hydrogen-bond acceptors (Lipinski definition) is 1. The Hall–Kier alpha value is -0.410. The Morgan fingerprint density at radius 2 is 2.11 bits per heavy atom. The number of nitrogens with one attached hydrogen (secondary N) is 1. The molecule has 0 saturated heterocycles. The molecule has 1 N–H and O–H groups in total. The van der Waals surface area contributed by atoms with Gasteiger partial charge in [-0.2, -0.15) is 0 Å². The molecule has 0 bridgehead atoms. The molecule has 0 aromatic heterocycles. The molecule has 1 aromatic carbocycles. The molecule has 1 fully saturated rings. The first-order chi connectivity index (χ1) is 9.20. The molecule has 0 radical (unpaired) electrons. The summed E-state index contributed by atoms with van der Waals surface area (Å²) in [5.74, 6) is 0.650. The fraction of sp³-hybridized carbons (Fsp3) is 0.625. The van der Waals surface area contributed by atoms with Crippen molar-refractivity contribution in [3.8, 4) is 0 Å². The fourth-order valence-electron chi connectivity index (χ4n) is 2.96. The number of hydrogen-bond donors (Lipinski definition) is 1. The van der Waals surface area contributed by atoms with E-state index in [1.807, 2.05) is 12.1 Å². The molecule has 0 spiro atoms. The predicted molar refractivity (Wildman–Crippen MR) is 81.7 cm³/mol. The highest BCUT2D eigenvalue weighted by Gasteiger charge is 2.21. The van der Waals surface area contributed by atoms with Crippen molar-refractivity contribution in [2.75, 3.05) is 6.54 Å². The van der Waals surface area contributed by atoms with Gasteiger partial charge in [-0.25, -0.2) is 4.39 Å². The second-order valence-electron chi connectivity index (χ2n) is 5.57. The van der Waals surface area contributed by atoms with Crippen LogP contribution in [-0.2, 0) is 0 Å². The van der Waals surface area contributed by atoms with Crippen LogP contribution in [0.15, 0.2) is 22.7 Å². The molecule has 0 amide bonds. The van der Waals surface area contributed by atoms with Gasteiger partial charge in [0.05, 0.1) is 4.47 Å². The zero-order valence-corrected chi connectivity index (χ0v) is 13.2. The highest BCUT2D eigenvalue weighted by atomic mass is 79.9. The third-order valence-corrected chi connectivity index (χ3v) is 4.64. The molecule has 2 rings (SSSR count). The Bertz CT molecular complexity index is 402. The normalized spacial score (nSPS) is 17.8. The molecule has 1 saturated carbocycles. The van der Waals surface area contributed by atoms with Crippen LogP contribution in [0, 0.1) is 11.7 Å². The zero-order chi connectivity index (χ0) is 13.7. The molecule has 3 heteroatoms. The molecule has 0 heterocycles. The molecule has 1 unspecified atom stereocenters. The highest BCUT2D eigenvalue weighted by molar-refractivity contribution is 9.10. The van der Waals surface area contributed by atoms with Gasteiger partial charge in [0, 0.05) is 6.04 Å². The summed E-state index contributed by atoms with van der Waals surface area (Å²) in [6.45, 7) is 3.20. The Morgan fingerprint density at radius 1 is 1.37 bits per heavy atom. The van der Waals surface area contributed by atoms with Crippen LogP contribution in [-0.4, -0.2) is 6.54 Å². The van der Waals surface area contributed by atoms with Crippen LogP contribution < -0.4 is 5.32 Å². The van der Waals surface area contributed by atoms with Crippen LogP contribution in [0.5, 0.6) is 0 Å². The summed E-state index contributed by atoms with van der Waals surface area (Å²) < 4.78 is 13.9. The van der Waals surface area contributed by atoms with Crippen molar-refractivity contribution in [1.29, 1.82) is 0 Å². The van der Waals surface area contributed by atoms with E-state index in [1.54, 1.807) is 6.07 Å². The van der Waals surface area contributed by atoms with Gasteiger partial charge in [0.1, 0.15) is 5.82 Å². The van der Waals surface area contributed by atoms with Crippen LogP contribution in [0.4, 0.5) is 4.39 Å². The maximum Gasteiger partial charge on any atom is 0.137 e. The lowest BCUT2D eigenvalue weighted by atomic mass is 9.93. The molecule has 1 nitrogen and oxygen atoms in total. The first-order valence-corrected chi connectivity index (χ1v) is 8.18. The van der Waals surface area contributed by atoms with E-state index in [1.165, 1.54) is 37.7 Å². The average molecular weight is 328 g/mol. The molecule has 1 aliphatic carbocycles. The van der Waals surface area contributed by atoms with Gasteiger partial charge in [-0.05, 0) is 58.9 Å². The maximum atomic E-state index is 13.4. The number of rotatable bonds is 6. The molecule has 0 aliphatic heterocycles. The second kappa shape index (κ2) is 7.39. The molecular formula is C16H23BrFN. The van der Waals surface area contributed by atoms with E-state index < -0.39 is 0 Å². The van der Waals surface area contributed by atoms with Gasteiger partial charge >= 0.3 is 0 Å². The van der Waals surface area contributed by atoms with Crippen molar-refractivity contribution in [2.45, 2.75) is 51.5 Å². The van der Waals surface area contributed by atoms with Crippen LogP contribution in [0.1, 0.15) is 57.1 Å². The summed E-state index contributed by atoms with van der Waals surface area (Å²) >= 11 is 3.29. The van der Waals surface area contributed by atoms with Crippen LogP contribution in [0.3, 0.4) is 0 Å². The minimum atomic E-state index is -0.182. The largest absolute Gasteiger partial charge is 0.310 e. The molecule has 1 aliphatic rings. The van der Waals surface area contributed by atoms with Gasteiger partial charge in [-0.1, -0.05) is 38.7 Å². The summed E-state index contributed by atoms with van der Waals surface area (Å²) in [5, 5.41) is 3.62. The third kappa shape index (κ3) is 4.28. The van der Waals surface area contributed by atoms with Gasteiger partial charge in [0.15, 0.2) is 0 Å². The van der Waals surface area contributed by atoms with Gasteiger partial charge in [0.2, 0.25) is 0 Å². The molecule has 1 atom stereocenters. The SMILES string of the molecule is CCCNC(CC1CCCC1)c1ccc(F)c(Br)c1. The Balaban J connectivity index is 2.08. The summed E-state index contributed by atoms with van der Waals surface area (Å²) in [6.07, 6.45) is 7.76. The Kier molecular flexibility index (Phi) is 5.83. The first-order valence-electron chi connectivity index (χ1n) is 7.39. The second-order valence-corrected chi connectivity index (χ2v) is 6.42. The Labute approximate surface area is 124 Å². The molecule has 19 heavy (non-hydrogen) atoms. The van der Waals surface area contributed by atoms with Gasteiger partial charge in [-0.3, -0.25) is 0 Å². The monoisotopic (exact) mass is 327 g/mol. The lowest BCUT2D eigenvalue weighted by Gasteiger charge is -2.22. The third-order valence-electron chi connectivity index (χ3n) is 4.03. The lowest BCUT2D eigenvalue weighted by Crippen LogP contribution is -2.24. The van der Waals surface area contributed by atoms with Gasteiger partial charge in [0.25, 0.3) is 0 Å². The number of halogens is 2. The van der Waals surface area contributed by atoms with E-state index in [0.29, 0.717) is 10.5 Å². The fourth-order valence-corrected chi connectivity index (χ4v) is 3.36. The van der Waals surface area contributed by atoms with Crippen molar-refractivity contribution in [3.63, 3.8) is 0 Å². The minimum absolute atomic E-state index is 0.182. The topological polar surface area (TPSA) is 12.0 Å². The standard InChI is InChI=1S/C16H23BrFN/c1-2-9-19-16(10-12-5-3-4-6-12)13-7-8-15(18)14(17)11-13/h7-8,11-12,16,19H,2-6,9-10H2,1H3. The van der Waals surface area contributed by atoms with E-state index in [4.69, 9.17) is 0 Å². The zero-order valence-electron chi connectivity index (χ0n) is 11.6. The lowest BCUT2D eigenvalue weighted by molar-refractivity contribution is 0.395. The molecule has 1 aromatic rings. The minimum Gasteiger partial charge on any atom is -0.310 e. The first kappa shape index (κ1) is 15.0.